The topological polar surface area (TPSA) is 21.6 Å². The molecule has 2 rings (SSSR count). The first-order valence-electron chi connectivity index (χ1n) is 4.27. The van der Waals surface area contributed by atoms with E-state index in [0.717, 1.165) is 16.5 Å². The number of hydrogen-bond acceptors (Lipinski definition) is 2. The molecule has 0 radical (unpaired) electrons. The minimum Gasteiger partial charge on any atom is -0.478 e. The molecule has 1 aromatic rings. The number of ether oxygens (including phenoxy) is 1. The van der Waals surface area contributed by atoms with Crippen LogP contribution in [0, 0.1) is 0 Å². The molecule has 13 heavy (non-hydrogen) atoms. The van der Waals surface area contributed by atoms with Gasteiger partial charge in [0.25, 0.3) is 0 Å². The predicted molar refractivity (Wildman–Crippen MR) is 53.3 cm³/mol. The highest BCUT2D eigenvalue weighted by Gasteiger charge is 2.16. The fourth-order valence-electron chi connectivity index (χ4n) is 1.39. The molecule has 2 nitrogen and oxygen atoms in total. The van der Waals surface area contributed by atoms with Crippen molar-refractivity contribution in [2.24, 2.45) is 4.99 Å². The molecule has 68 valence electrons. The van der Waals surface area contributed by atoms with Gasteiger partial charge in [0.15, 0.2) is 0 Å². The highest BCUT2D eigenvalue weighted by atomic mass is 35.5. The number of hydrogen-bond donors (Lipinski definition) is 0. The molecule has 1 heterocycles. The van der Waals surface area contributed by atoms with Crippen molar-refractivity contribution in [2.45, 2.75) is 13.5 Å². The van der Waals surface area contributed by atoms with Crippen LogP contribution in [0.1, 0.15) is 18.1 Å². The van der Waals surface area contributed by atoms with Crippen molar-refractivity contribution in [2.75, 3.05) is 6.61 Å². The lowest BCUT2D eigenvalue weighted by molar-refractivity contribution is 0.329. The van der Waals surface area contributed by atoms with Crippen molar-refractivity contribution >= 4 is 17.5 Å². The van der Waals surface area contributed by atoms with Crippen LogP contribution in [-0.4, -0.2) is 12.5 Å². The summed E-state index contributed by atoms with van der Waals surface area (Å²) in [5.74, 6) is 0.722. The minimum atomic E-state index is 0.644. The second-order valence-electron chi connectivity index (χ2n) is 2.86. The maximum absolute atomic E-state index is 5.88. The van der Waals surface area contributed by atoms with Crippen LogP contribution in [0.15, 0.2) is 23.2 Å². The van der Waals surface area contributed by atoms with E-state index in [0.29, 0.717) is 13.2 Å². The van der Waals surface area contributed by atoms with Crippen LogP contribution in [0.3, 0.4) is 0 Å². The molecule has 0 aromatic heterocycles. The van der Waals surface area contributed by atoms with Gasteiger partial charge in [-0.2, -0.15) is 0 Å². The third-order valence-corrected chi connectivity index (χ3v) is 2.21. The van der Waals surface area contributed by atoms with Crippen molar-refractivity contribution in [3.05, 3.63) is 34.3 Å². The van der Waals surface area contributed by atoms with Gasteiger partial charge in [0.05, 0.1) is 13.2 Å². The molecule has 1 aliphatic heterocycles. The summed E-state index contributed by atoms with van der Waals surface area (Å²) in [7, 11) is 0. The maximum Gasteiger partial charge on any atom is 0.216 e. The highest BCUT2D eigenvalue weighted by Crippen LogP contribution is 2.22. The Morgan fingerprint density at radius 1 is 1.54 bits per heavy atom. The van der Waals surface area contributed by atoms with Crippen LogP contribution < -0.4 is 0 Å². The van der Waals surface area contributed by atoms with Crippen molar-refractivity contribution in [1.29, 1.82) is 0 Å². The zero-order valence-electron chi connectivity index (χ0n) is 7.38. The Morgan fingerprint density at radius 2 is 2.38 bits per heavy atom. The van der Waals surface area contributed by atoms with Crippen LogP contribution >= 0.6 is 11.6 Å². The largest absolute Gasteiger partial charge is 0.478 e. The monoisotopic (exact) mass is 195 g/mol. The lowest BCUT2D eigenvalue weighted by Gasteiger charge is -2.03. The van der Waals surface area contributed by atoms with Crippen LogP contribution in [0.2, 0.25) is 5.02 Å². The molecule has 0 bridgehead atoms. The molecular weight excluding hydrogens is 186 g/mol. The average molecular weight is 196 g/mol. The number of fused-ring (bicyclic) bond motifs is 1. The quantitative estimate of drug-likeness (QED) is 0.675. The summed E-state index contributed by atoms with van der Waals surface area (Å²) in [5, 5.41) is 0.730. The summed E-state index contributed by atoms with van der Waals surface area (Å²) in [6, 6.07) is 5.77. The van der Waals surface area contributed by atoms with E-state index in [1.807, 2.05) is 25.1 Å². The highest BCUT2D eigenvalue weighted by molar-refractivity contribution is 6.31. The smallest absolute Gasteiger partial charge is 0.216 e. The summed E-state index contributed by atoms with van der Waals surface area (Å²) in [6.45, 7) is 3.30. The Labute approximate surface area is 82.2 Å². The number of nitrogens with zero attached hydrogens (tertiary/aromatic N) is 1. The third kappa shape index (κ3) is 1.54. The average Bonchev–Trinajstić information content (AvgIpc) is 2.49. The van der Waals surface area contributed by atoms with Gasteiger partial charge in [-0.1, -0.05) is 17.7 Å². The molecule has 0 atom stereocenters. The number of aliphatic imine (C=N–C) groups is 1. The fraction of sp³-hybridized carbons (Fsp3) is 0.300. The maximum atomic E-state index is 5.88. The van der Waals surface area contributed by atoms with Crippen LogP contribution in [0.5, 0.6) is 0 Å². The molecule has 0 N–H and O–H groups in total. The molecule has 0 aliphatic carbocycles. The van der Waals surface area contributed by atoms with Crippen LogP contribution in [0.25, 0.3) is 0 Å². The van der Waals surface area contributed by atoms with Gasteiger partial charge in [0.1, 0.15) is 0 Å². The summed E-state index contributed by atoms with van der Waals surface area (Å²) < 4.78 is 5.38. The summed E-state index contributed by atoms with van der Waals surface area (Å²) in [6.07, 6.45) is 0. The van der Waals surface area contributed by atoms with Gasteiger partial charge in [0, 0.05) is 10.6 Å². The van der Waals surface area contributed by atoms with Gasteiger partial charge >= 0.3 is 0 Å². The van der Waals surface area contributed by atoms with E-state index in [2.05, 4.69) is 4.99 Å². The molecule has 1 aromatic carbocycles. The van der Waals surface area contributed by atoms with E-state index in [1.54, 1.807) is 0 Å². The molecule has 0 amide bonds. The molecular formula is C10H10ClNO. The first-order valence-corrected chi connectivity index (χ1v) is 4.65. The molecule has 0 saturated carbocycles. The second kappa shape index (κ2) is 3.38. The fourth-order valence-corrected chi connectivity index (χ4v) is 1.56. The minimum absolute atomic E-state index is 0.644. The Hall–Kier alpha value is -1.02. The van der Waals surface area contributed by atoms with Gasteiger partial charge < -0.3 is 4.74 Å². The molecule has 3 heteroatoms. The van der Waals surface area contributed by atoms with Gasteiger partial charge in [-0.15, -0.1) is 0 Å². The number of rotatable bonds is 1. The zero-order valence-corrected chi connectivity index (χ0v) is 8.14. The van der Waals surface area contributed by atoms with E-state index < -0.39 is 0 Å². The van der Waals surface area contributed by atoms with Crippen molar-refractivity contribution in [3.8, 4) is 0 Å². The molecule has 0 unspecified atom stereocenters. The van der Waals surface area contributed by atoms with Gasteiger partial charge in [-0.3, -0.25) is 0 Å². The van der Waals surface area contributed by atoms with E-state index in [9.17, 15) is 0 Å². The molecule has 1 aliphatic rings. The lowest BCUT2D eigenvalue weighted by Crippen LogP contribution is -2.03. The van der Waals surface area contributed by atoms with E-state index in [4.69, 9.17) is 16.3 Å². The zero-order chi connectivity index (χ0) is 9.26. The standard InChI is InChI=1S/C10H10ClNO/c1-2-13-10-9-5-8(11)4-3-7(9)6-12-10/h3-5H,2,6H2,1H3. The van der Waals surface area contributed by atoms with Crippen molar-refractivity contribution in [3.63, 3.8) is 0 Å². The molecule has 0 fully saturated rings. The Morgan fingerprint density at radius 3 is 3.15 bits per heavy atom. The lowest BCUT2D eigenvalue weighted by atomic mass is 10.1. The summed E-state index contributed by atoms with van der Waals surface area (Å²) in [4.78, 5) is 4.27. The van der Waals surface area contributed by atoms with E-state index >= 15 is 0 Å². The third-order valence-electron chi connectivity index (χ3n) is 1.98. The first kappa shape index (κ1) is 8.57. The van der Waals surface area contributed by atoms with Crippen molar-refractivity contribution < 1.29 is 4.74 Å². The molecule has 0 saturated heterocycles. The summed E-state index contributed by atoms with van der Waals surface area (Å²) in [5.41, 5.74) is 2.22. The Bertz CT molecular complexity index is 360. The predicted octanol–water partition coefficient (Wildman–Crippen LogP) is 2.64. The van der Waals surface area contributed by atoms with Gasteiger partial charge in [-0.25, -0.2) is 4.99 Å². The SMILES string of the molecule is CCOC1=NCc2ccc(Cl)cc21. The summed E-state index contributed by atoms with van der Waals surface area (Å²) >= 11 is 5.88. The van der Waals surface area contributed by atoms with Gasteiger partial charge in [0.2, 0.25) is 5.90 Å². The Balaban J connectivity index is 2.36. The normalized spacial score (nSPS) is 13.8. The van der Waals surface area contributed by atoms with Gasteiger partial charge in [-0.05, 0) is 24.6 Å². The van der Waals surface area contributed by atoms with E-state index in [-0.39, 0.29) is 0 Å². The Kier molecular flexibility index (Phi) is 2.23. The molecule has 0 spiro atoms. The van der Waals surface area contributed by atoms with Crippen LogP contribution in [0.4, 0.5) is 0 Å². The number of benzene rings is 1. The second-order valence-corrected chi connectivity index (χ2v) is 3.29. The van der Waals surface area contributed by atoms with Crippen molar-refractivity contribution in [1.82, 2.24) is 0 Å². The van der Waals surface area contributed by atoms with Crippen LogP contribution in [-0.2, 0) is 11.3 Å². The first-order chi connectivity index (χ1) is 6.31. The van der Waals surface area contributed by atoms with E-state index in [1.165, 1.54) is 5.56 Å². The number of halogens is 1.